The lowest BCUT2D eigenvalue weighted by Gasteiger charge is -2.25. The van der Waals surface area contributed by atoms with Gasteiger partial charge >= 0.3 is 0 Å². The van der Waals surface area contributed by atoms with Crippen LogP contribution in [-0.4, -0.2) is 12.5 Å². The van der Waals surface area contributed by atoms with Crippen LogP contribution in [0.3, 0.4) is 0 Å². The summed E-state index contributed by atoms with van der Waals surface area (Å²) < 4.78 is 0. The van der Waals surface area contributed by atoms with E-state index in [1.165, 1.54) is 90.4 Å². The van der Waals surface area contributed by atoms with Crippen LogP contribution in [0.4, 0.5) is 11.4 Å². The van der Waals surface area contributed by atoms with Crippen molar-refractivity contribution < 1.29 is 4.79 Å². The van der Waals surface area contributed by atoms with Crippen molar-refractivity contribution in [3.8, 4) is 0 Å². The highest BCUT2D eigenvalue weighted by Crippen LogP contribution is 2.32. The normalized spacial score (nSPS) is 16.9. The zero-order valence-electron chi connectivity index (χ0n) is 24.7. The first-order valence-corrected chi connectivity index (χ1v) is 15.9. The molecule has 3 heteroatoms. The molecule has 0 bridgehead atoms. The molecule has 38 heavy (non-hydrogen) atoms. The summed E-state index contributed by atoms with van der Waals surface area (Å²) in [6.45, 7) is 10.1. The van der Waals surface area contributed by atoms with Gasteiger partial charge in [-0.05, 0) is 97.1 Å². The average Bonchev–Trinajstić information content (AvgIpc) is 2.97. The topological polar surface area (TPSA) is 41.1 Å². The molecule has 0 aliphatic heterocycles. The maximum Gasteiger partial charge on any atom is 0.227 e. The SMILES string of the molecule is CCc1cc(Cc2cc(CC)c(NC(=O)C3CCCCC3)c(CC)c2)cc(CC)c1NCC1CCCCC1. The molecule has 2 aromatic rings. The summed E-state index contributed by atoms with van der Waals surface area (Å²) in [7, 11) is 0. The summed E-state index contributed by atoms with van der Waals surface area (Å²) in [5.41, 5.74) is 10.7. The van der Waals surface area contributed by atoms with Gasteiger partial charge in [0.2, 0.25) is 5.91 Å². The minimum absolute atomic E-state index is 0.183. The van der Waals surface area contributed by atoms with Crippen LogP contribution in [0.15, 0.2) is 24.3 Å². The number of rotatable bonds is 11. The Hall–Kier alpha value is -2.29. The van der Waals surface area contributed by atoms with Gasteiger partial charge in [0, 0.05) is 23.8 Å². The minimum atomic E-state index is 0.183. The van der Waals surface area contributed by atoms with E-state index in [1.807, 2.05) is 0 Å². The number of aryl methyl sites for hydroxylation is 4. The Morgan fingerprint density at radius 1 is 0.658 bits per heavy atom. The molecule has 2 fully saturated rings. The van der Waals surface area contributed by atoms with E-state index in [-0.39, 0.29) is 11.8 Å². The Bertz CT molecular complexity index is 1010. The molecule has 0 spiro atoms. The third-order valence-electron chi connectivity index (χ3n) is 9.17. The van der Waals surface area contributed by atoms with Gasteiger partial charge in [-0.2, -0.15) is 0 Å². The van der Waals surface area contributed by atoms with Crippen LogP contribution in [0, 0.1) is 11.8 Å². The van der Waals surface area contributed by atoms with Gasteiger partial charge in [0.05, 0.1) is 0 Å². The van der Waals surface area contributed by atoms with Crippen LogP contribution >= 0.6 is 0 Å². The first-order valence-electron chi connectivity index (χ1n) is 15.9. The highest BCUT2D eigenvalue weighted by molar-refractivity contribution is 5.94. The summed E-state index contributed by atoms with van der Waals surface area (Å²) >= 11 is 0. The Balaban J connectivity index is 1.54. The van der Waals surface area contributed by atoms with E-state index in [1.54, 1.807) is 0 Å². The number of anilines is 2. The lowest BCUT2D eigenvalue weighted by atomic mass is 9.88. The molecule has 2 N–H and O–H groups in total. The molecule has 0 heterocycles. The summed E-state index contributed by atoms with van der Waals surface area (Å²) in [6, 6.07) is 9.58. The van der Waals surface area contributed by atoms with Crippen molar-refractivity contribution in [2.75, 3.05) is 17.2 Å². The number of carbonyl (C=O) groups is 1. The van der Waals surface area contributed by atoms with E-state index >= 15 is 0 Å². The molecule has 0 radical (unpaired) electrons. The van der Waals surface area contributed by atoms with Gasteiger partial charge in [0.1, 0.15) is 0 Å². The van der Waals surface area contributed by atoms with E-state index in [4.69, 9.17) is 0 Å². The Morgan fingerprint density at radius 2 is 1.11 bits per heavy atom. The van der Waals surface area contributed by atoms with Gasteiger partial charge in [-0.1, -0.05) is 90.5 Å². The second kappa shape index (κ2) is 14.2. The molecule has 3 nitrogen and oxygen atoms in total. The van der Waals surface area contributed by atoms with E-state index in [0.717, 1.165) is 63.1 Å². The van der Waals surface area contributed by atoms with Gasteiger partial charge in [-0.25, -0.2) is 0 Å². The fourth-order valence-electron chi connectivity index (χ4n) is 6.85. The van der Waals surface area contributed by atoms with Crippen molar-refractivity contribution in [1.29, 1.82) is 0 Å². The number of hydrogen-bond donors (Lipinski definition) is 2. The monoisotopic (exact) mass is 516 g/mol. The number of carbonyl (C=O) groups excluding carboxylic acids is 1. The van der Waals surface area contributed by atoms with E-state index in [9.17, 15) is 4.79 Å². The zero-order valence-corrected chi connectivity index (χ0v) is 24.7. The molecule has 2 saturated carbocycles. The number of benzene rings is 2. The third-order valence-corrected chi connectivity index (χ3v) is 9.17. The summed E-state index contributed by atoms with van der Waals surface area (Å²) in [6.07, 6.45) is 17.6. The second-order valence-electron chi connectivity index (χ2n) is 11.9. The van der Waals surface area contributed by atoms with E-state index in [0.29, 0.717) is 0 Å². The molecule has 2 aromatic carbocycles. The first-order chi connectivity index (χ1) is 18.6. The molecule has 1 amide bonds. The molecule has 208 valence electrons. The fraction of sp³-hybridized carbons (Fsp3) is 0.629. The van der Waals surface area contributed by atoms with Crippen LogP contribution in [0.2, 0.25) is 0 Å². The van der Waals surface area contributed by atoms with Crippen molar-refractivity contribution in [1.82, 2.24) is 0 Å². The van der Waals surface area contributed by atoms with E-state index < -0.39 is 0 Å². The lowest BCUT2D eigenvalue weighted by molar-refractivity contribution is -0.120. The largest absolute Gasteiger partial charge is 0.384 e. The molecule has 4 rings (SSSR count). The summed E-state index contributed by atoms with van der Waals surface area (Å²) in [4.78, 5) is 13.1. The molecular weight excluding hydrogens is 464 g/mol. The standard InChI is InChI=1S/C35H52N2O/c1-5-28-20-26(21-29(6-2)33(28)36-24-25-15-11-9-12-16-25)19-27-22-30(7-3)34(31(8-4)23-27)37-35(38)32-17-13-10-14-18-32/h20-23,25,32,36H,5-19,24H2,1-4H3,(H,37,38). The van der Waals surface area contributed by atoms with Crippen LogP contribution in [0.5, 0.6) is 0 Å². The smallest absolute Gasteiger partial charge is 0.227 e. The molecule has 0 saturated heterocycles. The maximum atomic E-state index is 13.1. The Kier molecular flexibility index (Phi) is 10.7. The fourth-order valence-corrected chi connectivity index (χ4v) is 6.85. The molecular formula is C35H52N2O. The predicted octanol–water partition coefficient (Wildman–Crippen LogP) is 9.04. The predicted molar refractivity (Wildman–Crippen MR) is 163 cm³/mol. The highest BCUT2D eigenvalue weighted by Gasteiger charge is 2.23. The van der Waals surface area contributed by atoms with Gasteiger partial charge in [-0.3, -0.25) is 4.79 Å². The van der Waals surface area contributed by atoms with Crippen molar-refractivity contribution in [3.63, 3.8) is 0 Å². The van der Waals surface area contributed by atoms with E-state index in [2.05, 4.69) is 62.6 Å². The lowest BCUT2D eigenvalue weighted by Crippen LogP contribution is -2.26. The quantitative estimate of drug-likeness (QED) is 0.313. The van der Waals surface area contributed by atoms with Gasteiger partial charge in [0.15, 0.2) is 0 Å². The first kappa shape index (κ1) is 28.7. The van der Waals surface area contributed by atoms with Crippen molar-refractivity contribution >= 4 is 17.3 Å². The van der Waals surface area contributed by atoms with Crippen LogP contribution in [0.1, 0.15) is 125 Å². The molecule has 0 atom stereocenters. The maximum absolute atomic E-state index is 13.1. The number of amides is 1. The van der Waals surface area contributed by atoms with Crippen LogP contribution in [-0.2, 0) is 36.9 Å². The number of nitrogens with one attached hydrogen (secondary N) is 2. The Labute approximate surface area is 232 Å². The van der Waals surface area contributed by atoms with Crippen LogP contribution < -0.4 is 10.6 Å². The zero-order chi connectivity index (χ0) is 26.9. The number of hydrogen-bond acceptors (Lipinski definition) is 2. The van der Waals surface area contributed by atoms with Crippen molar-refractivity contribution in [2.24, 2.45) is 11.8 Å². The Morgan fingerprint density at radius 3 is 1.58 bits per heavy atom. The van der Waals surface area contributed by atoms with Crippen LogP contribution in [0.25, 0.3) is 0 Å². The summed E-state index contributed by atoms with van der Waals surface area (Å²) in [5.74, 6) is 1.25. The second-order valence-corrected chi connectivity index (χ2v) is 11.9. The molecule has 0 aromatic heterocycles. The minimum Gasteiger partial charge on any atom is -0.384 e. The summed E-state index contributed by atoms with van der Waals surface area (Å²) in [5, 5.41) is 7.27. The molecule has 2 aliphatic rings. The third kappa shape index (κ3) is 7.21. The average molecular weight is 517 g/mol. The van der Waals surface area contributed by atoms with Gasteiger partial charge < -0.3 is 10.6 Å². The van der Waals surface area contributed by atoms with Crippen molar-refractivity contribution in [3.05, 3.63) is 57.6 Å². The van der Waals surface area contributed by atoms with Gasteiger partial charge in [-0.15, -0.1) is 0 Å². The molecule has 2 aliphatic carbocycles. The molecule has 0 unspecified atom stereocenters. The van der Waals surface area contributed by atoms with Crippen molar-refractivity contribution in [2.45, 2.75) is 124 Å². The highest BCUT2D eigenvalue weighted by atomic mass is 16.1. The van der Waals surface area contributed by atoms with Gasteiger partial charge in [0.25, 0.3) is 0 Å².